The van der Waals surface area contributed by atoms with Crippen LogP contribution in [0.15, 0.2) is 35.3 Å². The SMILES string of the molecule is COCC[C@H](NCc1ccc2c(c1)nc(-c1c[nH]c(=O)c(C)c1)n2CC1CCOCC1)C(=O)OC1CCCC1. The third-order valence-electron chi connectivity index (χ3n) is 7.97. The number of fused-ring (bicyclic) bond motifs is 1. The predicted octanol–water partition coefficient (Wildman–Crippen LogP) is 4.11. The number of nitrogens with one attached hydrogen (secondary N) is 2. The van der Waals surface area contributed by atoms with Crippen LogP contribution in [0.5, 0.6) is 0 Å². The fraction of sp³-hybridized carbons (Fsp3) is 0.567. The van der Waals surface area contributed by atoms with Crippen molar-refractivity contribution in [3.8, 4) is 11.4 Å². The topological polar surface area (TPSA) is 107 Å². The lowest BCUT2D eigenvalue weighted by atomic mass is 10.00. The van der Waals surface area contributed by atoms with E-state index in [0.717, 1.165) is 86.3 Å². The Morgan fingerprint density at radius 2 is 2.00 bits per heavy atom. The average Bonchev–Trinajstić information content (AvgIpc) is 3.58. The number of aromatic amines is 1. The molecule has 2 aliphatic rings. The van der Waals surface area contributed by atoms with Gasteiger partial charge >= 0.3 is 5.97 Å². The van der Waals surface area contributed by atoms with Gasteiger partial charge in [-0.15, -0.1) is 0 Å². The maximum absolute atomic E-state index is 12.9. The molecule has 39 heavy (non-hydrogen) atoms. The summed E-state index contributed by atoms with van der Waals surface area (Å²) >= 11 is 0. The Morgan fingerprint density at radius 1 is 1.21 bits per heavy atom. The smallest absolute Gasteiger partial charge is 0.323 e. The first kappa shape index (κ1) is 27.6. The molecule has 3 heterocycles. The lowest BCUT2D eigenvalue weighted by Gasteiger charge is -2.23. The molecule has 210 valence electrons. The van der Waals surface area contributed by atoms with Crippen molar-refractivity contribution in [1.29, 1.82) is 0 Å². The molecular formula is C30H40N4O5. The van der Waals surface area contributed by atoms with Crippen LogP contribution in [-0.2, 0) is 32.1 Å². The third kappa shape index (κ3) is 6.77. The molecule has 1 aliphatic carbocycles. The van der Waals surface area contributed by atoms with Crippen LogP contribution >= 0.6 is 0 Å². The summed E-state index contributed by atoms with van der Waals surface area (Å²) in [5.41, 5.74) is 4.45. The molecule has 2 aromatic heterocycles. The summed E-state index contributed by atoms with van der Waals surface area (Å²) in [5.74, 6) is 1.16. The van der Waals surface area contributed by atoms with Crippen molar-refractivity contribution in [1.82, 2.24) is 19.9 Å². The number of aryl methyl sites for hydroxylation is 1. The van der Waals surface area contributed by atoms with Crippen LogP contribution in [-0.4, -0.2) is 59.6 Å². The van der Waals surface area contributed by atoms with E-state index < -0.39 is 6.04 Å². The first-order valence-corrected chi connectivity index (χ1v) is 14.2. The second-order valence-electron chi connectivity index (χ2n) is 10.9. The molecule has 0 radical (unpaired) electrons. The van der Waals surface area contributed by atoms with E-state index in [1.54, 1.807) is 13.3 Å². The highest BCUT2D eigenvalue weighted by Crippen LogP contribution is 2.29. The first-order valence-electron chi connectivity index (χ1n) is 14.2. The monoisotopic (exact) mass is 536 g/mol. The van der Waals surface area contributed by atoms with E-state index in [-0.39, 0.29) is 17.6 Å². The largest absolute Gasteiger partial charge is 0.461 e. The zero-order valence-electron chi connectivity index (χ0n) is 23.0. The molecule has 1 saturated carbocycles. The fourth-order valence-corrected chi connectivity index (χ4v) is 5.64. The van der Waals surface area contributed by atoms with E-state index in [9.17, 15) is 9.59 Å². The van der Waals surface area contributed by atoms with Gasteiger partial charge in [0.15, 0.2) is 0 Å². The zero-order valence-corrected chi connectivity index (χ0v) is 23.0. The number of methoxy groups -OCH3 is 1. The minimum absolute atomic E-state index is 0.0374. The van der Waals surface area contributed by atoms with Gasteiger partial charge in [-0.1, -0.05) is 6.07 Å². The molecule has 9 heteroatoms. The number of carbonyl (C=O) groups excluding carboxylic acids is 1. The van der Waals surface area contributed by atoms with Gasteiger partial charge in [0.2, 0.25) is 0 Å². The molecule has 0 amide bonds. The number of carbonyl (C=O) groups is 1. The van der Waals surface area contributed by atoms with Gasteiger partial charge in [-0.3, -0.25) is 9.59 Å². The quantitative estimate of drug-likeness (QED) is 0.355. The van der Waals surface area contributed by atoms with Crippen molar-refractivity contribution in [2.75, 3.05) is 26.9 Å². The Bertz CT molecular complexity index is 1320. The normalized spacial score (nSPS) is 17.6. The second-order valence-corrected chi connectivity index (χ2v) is 10.9. The summed E-state index contributed by atoms with van der Waals surface area (Å²) < 4.78 is 18.9. The Morgan fingerprint density at radius 3 is 2.74 bits per heavy atom. The molecular weight excluding hydrogens is 496 g/mol. The molecule has 5 rings (SSSR count). The van der Waals surface area contributed by atoms with E-state index in [4.69, 9.17) is 19.2 Å². The van der Waals surface area contributed by atoms with E-state index >= 15 is 0 Å². The van der Waals surface area contributed by atoms with Crippen LogP contribution in [0.3, 0.4) is 0 Å². The summed E-state index contributed by atoms with van der Waals surface area (Å²) in [4.78, 5) is 32.8. The summed E-state index contributed by atoms with van der Waals surface area (Å²) in [6, 6.07) is 7.77. The highest BCUT2D eigenvalue weighted by molar-refractivity contribution is 5.81. The number of rotatable bonds is 11. The molecule has 9 nitrogen and oxygen atoms in total. The molecule has 2 fully saturated rings. The van der Waals surface area contributed by atoms with Crippen molar-refractivity contribution in [3.05, 3.63) is 51.9 Å². The van der Waals surface area contributed by atoms with E-state index in [1.165, 1.54) is 0 Å². The van der Waals surface area contributed by atoms with Crippen molar-refractivity contribution in [3.63, 3.8) is 0 Å². The second kappa shape index (κ2) is 12.9. The summed E-state index contributed by atoms with van der Waals surface area (Å²) in [6.07, 6.45) is 8.52. The van der Waals surface area contributed by atoms with Crippen LogP contribution in [0.25, 0.3) is 22.4 Å². The molecule has 1 saturated heterocycles. The van der Waals surface area contributed by atoms with Gasteiger partial charge in [-0.2, -0.15) is 0 Å². The number of hydrogen-bond acceptors (Lipinski definition) is 7. The van der Waals surface area contributed by atoms with Crippen LogP contribution in [0.2, 0.25) is 0 Å². The highest BCUT2D eigenvalue weighted by Gasteiger charge is 2.25. The number of benzene rings is 1. The molecule has 0 bridgehead atoms. The zero-order chi connectivity index (χ0) is 27.2. The average molecular weight is 537 g/mol. The number of pyridine rings is 1. The van der Waals surface area contributed by atoms with Gasteiger partial charge in [-0.05, 0) is 81.5 Å². The van der Waals surface area contributed by atoms with Crippen LogP contribution < -0.4 is 10.9 Å². The standard InChI is InChI=1S/C30H40N4O5/c1-20-15-23(18-32-29(20)35)28-33-26-16-22(7-8-27(26)34(28)19-21-9-13-38-14-10-21)17-31-25(11-12-37-2)30(36)39-24-5-3-4-6-24/h7-8,15-16,18,21,24-25,31H,3-6,9-14,17,19H2,1-2H3,(H,32,35)/t25-/m0/s1. The molecule has 2 N–H and O–H groups in total. The van der Waals surface area contributed by atoms with E-state index in [0.29, 0.717) is 31.1 Å². The van der Waals surface area contributed by atoms with Crippen LogP contribution in [0, 0.1) is 12.8 Å². The van der Waals surface area contributed by atoms with Gasteiger partial charge in [0, 0.05) is 57.3 Å². The number of aromatic nitrogens is 3. The number of nitrogens with zero attached hydrogens (tertiary/aromatic N) is 2. The van der Waals surface area contributed by atoms with Crippen LogP contribution in [0.1, 0.15) is 56.1 Å². The number of esters is 1. The van der Waals surface area contributed by atoms with Crippen LogP contribution in [0.4, 0.5) is 0 Å². The first-order chi connectivity index (χ1) is 19.0. The minimum Gasteiger partial charge on any atom is -0.461 e. The number of hydrogen-bond donors (Lipinski definition) is 2. The van der Waals surface area contributed by atoms with Crippen molar-refractivity contribution in [2.24, 2.45) is 5.92 Å². The molecule has 3 aromatic rings. The maximum Gasteiger partial charge on any atom is 0.323 e. The summed E-state index contributed by atoms with van der Waals surface area (Å²) in [6.45, 7) is 5.23. The van der Waals surface area contributed by atoms with Gasteiger partial charge in [-0.25, -0.2) is 4.98 Å². The lowest BCUT2D eigenvalue weighted by Crippen LogP contribution is -2.40. The Balaban J connectivity index is 1.38. The third-order valence-corrected chi connectivity index (χ3v) is 7.97. The van der Waals surface area contributed by atoms with E-state index in [2.05, 4.69) is 33.1 Å². The molecule has 0 spiro atoms. The predicted molar refractivity (Wildman–Crippen MR) is 150 cm³/mol. The summed E-state index contributed by atoms with van der Waals surface area (Å²) in [5, 5.41) is 3.40. The summed E-state index contributed by atoms with van der Waals surface area (Å²) in [7, 11) is 1.64. The fourth-order valence-electron chi connectivity index (χ4n) is 5.64. The van der Waals surface area contributed by atoms with Crippen molar-refractivity contribution in [2.45, 2.75) is 77.1 Å². The number of imidazole rings is 1. The van der Waals surface area contributed by atoms with Gasteiger partial charge < -0.3 is 29.1 Å². The maximum atomic E-state index is 12.9. The molecule has 1 aliphatic heterocycles. The number of H-pyrrole nitrogens is 1. The van der Waals surface area contributed by atoms with Gasteiger partial charge in [0.05, 0.1) is 11.0 Å². The highest BCUT2D eigenvalue weighted by atomic mass is 16.5. The van der Waals surface area contributed by atoms with E-state index in [1.807, 2.05) is 13.0 Å². The molecule has 1 aromatic carbocycles. The lowest BCUT2D eigenvalue weighted by molar-refractivity contribution is -0.151. The number of ether oxygens (including phenoxy) is 3. The Hall–Kier alpha value is -3.01. The Labute approximate surface area is 229 Å². The molecule has 1 atom stereocenters. The van der Waals surface area contributed by atoms with Gasteiger partial charge in [0.25, 0.3) is 5.56 Å². The minimum atomic E-state index is -0.424. The van der Waals surface area contributed by atoms with Gasteiger partial charge in [0.1, 0.15) is 18.0 Å². The Kier molecular flexibility index (Phi) is 9.11. The van der Waals surface area contributed by atoms with Crippen molar-refractivity contribution < 1.29 is 19.0 Å². The molecule has 0 unspecified atom stereocenters. The van der Waals surface area contributed by atoms with Crippen molar-refractivity contribution >= 4 is 17.0 Å².